The van der Waals surface area contributed by atoms with Crippen LogP contribution in [0.3, 0.4) is 0 Å². The van der Waals surface area contributed by atoms with Crippen LogP contribution in [0.2, 0.25) is 0 Å². The Morgan fingerprint density at radius 2 is 2.06 bits per heavy atom. The summed E-state index contributed by atoms with van der Waals surface area (Å²) in [6, 6.07) is 0. The topological polar surface area (TPSA) is 17.8 Å². The average molecular weight is 246 g/mol. The quantitative estimate of drug-likeness (QED) is 0.666. The van der Waals surface area contributed by atoms with Gasteiger partial charge in [0.1, 0.15) is 0 Å². The standard InChI is InChI=1S/C16H26N2/c1-13(2)7-6-8-15(5)9-16-10-17-12-18(16)11-14(3)4/h7,9-10,12,14H,6,8,11H2,1-5H3. The minimum Gasteiger partial charge on any atom is -0.331 e. The molecule has 0 amide bonds. The number of allylic oxidation sites excluding steroid dienone is 3. The van der Waals surface area contributed by atoms with Gasteiger partial charge in [0, 0.05) is 6.54 Å². The zero-order valence-electron chi connectivity index (χ0n) is 12.4. The van der Waals surface area contributed by atoms with Crippen LogP contribution in [0.15, 0.2) is 29.7 Å². The average Bonchev–Trinajstić information content (AvgIpc) is 2.64. The first-order valence-corrected chi connectivity index (χ1v) is 6.79. The minimum atomic E-state index is 0.650. The molecule has 1 heterocycles. The van der Waals surface area contributed by atoms with E-state index in [0.29, 0.717) is 5.92 Å². The maximum absolute atomic E-state index is 4.24. The molecule has 0 aliphatic rings. The van der Waals surface area contributed by atoms with Crippen LogP contribution < -0.4 is 0 Å². The second-order valence-electron chi connectivity index (χ2n) is 5.68. The van der Waals surface area contributed by atoms with Crippen LogP contribution in [0, 0.1) is 5.92 Å². The van der Waals surface area contributed by atoms with Crippen molar-refractivity contribution >= 4 is 6.08 Å². The van der Waals surface area contributed by atoms with Crippen LogP contribution in [-0.4, -0.2) is 9.55 Å². The molecule has 0 aromatic carbocycles. The van der Waals surface area contributed by atoms with Gasteiger partial charge in [-0.15, -0.1) is 0 Å². The van der Waals surface area contributed by atoms with Crippen molar-refractivity contribution in [3.63, 3.8) is 0 Å². The van der Waals surface area contributed by atoms with Crippen LogP contribution in [-0.2, 0) is 6.54 Å². The molecule has 2 nitrogen and oxygen atoms in total. The third kappa shape index (κ3) is 5.35. The smallest absolute Gasteiger partial charge is 0.0950 e. The Hall–Kier alpha value is -1.31. The Kier molecular flexibility index (Phi) is 5.90. The molecule has 0 saturated heterocycles. The first-order chi connectivity index (χ1) is 8.49. The lowest BCUT2D eigenvalue weighted by Gasteiger charge is -2.08. The van der Waals surface area contributed by atoms with Gasteiger partial charge in [-0.1, -0.05) is 31.1 Å². The number of nitrogens with zero attached hydrogens (tertiary/aromatic N) is 2. The molecular formula is C16H26N2. The fraction of sp³-hybridized carbons (Fsp3) is 0.562. The van der Waals surface area contributed by atoms with Gasteiger partial charge >= 0.3 is 0 Å². The zero-order chi connectivity index (χ0) is 13.5. The summed E-state index contributed by atoms with van der Waals surface area (Å²) in [6.45, 7) is 12.0. The van der Waals surface area contributed by atoms with Crippen LogP contribution in [0.4, 0.5) is 0 Å². The third-order valence-corrected chi connectivity index (χ3v) is 2.79. The molecule has 0 aliphatic heterocycles. The van der Waals surface area contributed by atoms with Crippen molar-refractivity contribution in [2.75, 3.05) is 0 Å². The van der Waals surface area contributed by atoms with Crippen LogP contribution >= 0.6 is 0 Å². The Labute approximate surface area is 111 Å². The fourth-order valence-electron chi connectivity index (χ4n) is 1.91. The maximum atomic E-state index is 4.24. The third-order valence-electron chi connectivity index (χ3n) is 2.79. The Balaban J connectivity index is 2.64. The summed E-state index contributed by atoms with van der Waals surface area (Å²) in [5.74, 6) is 0.650. The van der Waals surface area contributed by atoms with E-state index in [1.165, 1.54) is 16.8 Å². The molecule has 18 heavy (non-hydrogen) atoms. The predicted octanol–water partition coefficient (Wildman–Crippen LogP) is 4.69. The molecule has 0 atom stereocenters. The van der Waals surface area contributed by atoms with Gasteiger partial charge in [0.05, 0.1) is 18.2 Å². The van der Waals surface area contributed by atoms with Crippen molar-refractivity contribution < 1.29 is 0 Å². The highest BCUT2D eigenvalue weighted by molar-refractivity contribution is 5.47. The van der Waals surface area contributed by atoms with Gasteiger partial charge in [0.2, 0.25) is 0 Å². The molecule has 0 spiro atoms. The molecule has 0 bridgehead atoms. The Morgan fingerprint density at radius 1 is 1.33 bits per heavy atom. The van der Waals surface area contributed by atoms with Gasteiger partial charge in [-0.25, -0.2) is 4.98 Å². The molecule has 0 radical (unpaired) electrons. The maximum Gasteiger partial charge on any atom is 0.0950 e. The molecule has 1 aromatic rings. The van der Waals surface area contributed by atoms with E-state index in [1.807, 2.05) is 12.5 Å². The highest BCUT2D eigenvalue weighted by Crippen LogP contribution is 2.13. The molecule has 100 valence electrons. The Bertz CT molecular complexity index is 418. The highest BCUT2D eigenvalue weighted by Gasteiger charge is 2.02. The van der Waals surface area contributed by atoms with Crippen molar-refractivity contribution in [1.82, 2.24) is 9.55 Å². The summed E-state index contributed by atoms with van der Waals surface area (Å²) >= 11 is 0. The predicted molar refractivity (Wildman–Crippen MR) is 79.4 cm³/mol. The van der Waals surface area contributed by atoms with Crippen molar-refractivity contribution in [2.24, 2.45) is 5.92 Å². The molecule has 0 unspecified atom stereocenters. The van der Waals surface area contributed by atoms with Gasteiger partial charge < -0.3 is 4.57 Å². The van der Waals surface area contributed by atoms with E-state index >= 15 is 0 Å². The van der Waals surface area contributed by atoms with Crippen LogP contribution in [0.25, 0.3) is 6.08 Å². The van der Waals surface area contributed by atoms with Crippen LogP contribution in [0.5, 0.6) is 0 Å². The summed E-state index contributed by atoms with van der Waals surface area (Å²) in [6.07, 6.45) is 10.7. The van der Waals surface area contributed by atoms with Gasteiger partial charge in [0.15, 0.2) is 0 Å². The number of hydrogen-bond acceptors (Lipinski definition) is 1. The van der Waals surface area contributed by atoms with Crippen molar-refractivity contribution in [1.29, 1.82) is 0 Å². The van der Waals surface area contributed by atoms with E-state index in [2.05, 4.69) is 56.3 Å². The molecule has 1 rings (SSSR count). The summed E-state index contributed by atoms with van der Waals surface area (Å²) in [4.78, 5) is 4.24. The highest BCUT2D eigenvalue weighted by atomic mass is 15.0. The number of hydrogen-bond donors (Lipinski definition) is 0. The minimum absolute atomic E-state index is 0.650. The largest absolute Gasteiger partial charge is 0.331 e. The van der Waals surface area contributed by atoms with Crippen molar-refractivity contribution in [3.8, 4) is 0 Å². The Morgan fingerprint density at radius 3 is 2.67 bits per heavy atom. The van der Waals surface area contributed by atoms with E-state index in [9.17, 15) is 0 Å². The zero-order valence-corrected chi connectivity index (χ0v) is 12.4. The molecule has 0 fully saturated rings. The first-order valence-electron chi connectivity index (χ1n) is 6.79. The van der Waals surface area contributed by atoms with Crippen LogP contribution in [0.1, 0.15) is 53.2 Å². The van der Waals surface area contributed by atoms with Gasteiger partial charge in [-0.3, -0.25) is 0 Å². The summed E-state index contributed by atoms with van der Waals surface area (Å²) in [5.41, 5.74) is 4.03. The summed E-state index contributed by atoms with van der Waals surface area (Å²) < 4.78 is 2.23. The number of aromatic nitrogens is 2. The van der Waals surface area contributed by atoms with E-state index in [1.54, 1.807) is 0 Å². The van der Waals surface area contributed by atoms with E-state index in [-0.39, 0.29) is 0 Å². The van der Waals surface area contributed by atoms with E-state index < -0.39 is 0 Å². The van der Waals surface area contributed by atoms with E-state index in [0.717, 1.165) is 19.4 Å². The second-order valence-corrected chi connectivity index (χ2v) is 5.68. The lowest BCUT2D eigenvalue weighted by Crippen LogP contribution is -2.04. The molecular weight excluding hydrogens is 220 g/mol. The fourth-order valence-corrected chi connectivity index (χ4v) is 1.91. The van der Waals surface area contributed by atoms with Crippen molar-refractivity contribution in [3.05, 3.63) is 35.4 Å². The molecule has 0 N–H and O–H groups in total. The normalized spacial score (nSPS) is 12.0. The van der Waals surface area contributed by atoms with Gasteiger partial charge in [-0.05, 0) is 45.6 Å². The SMILES string of the molecule is CC(C)=CCCC(C)=Cc1cncn1CC(C)C. The molecule has 1 aromatic heterocycles. The summed E-state index contributed by atoms with van der Waals surface area (Å²) in [5, 5.41) is 0. The molecule has 0 aliphatic carbocycles. The lowest BCUT2D eigenvalue weighted by atomic mass is 10.1. The van der Waals surface area contributed by atoms with Gasteiger partial charge in [0.25, 0.3) is 0 Å². The van der Waals surface area contributed by atoms with Crippen molar-refractivity contribution in [2.45, 2.75) is 54.0 Å². The molecule has 2 heteroatoms. The summed E-state index contributed by atoms with van der Waals surface area (Å²) in [7, 11) is 0. The molecule has 0 saturated carbocycles. The first kappa shape index (κ1) is 14.7. The second kappa shape index (κ2) is 7.20. The number of rotatable bonds is 6. The monoisotopic (exact) mass is 246 g/mol. The number of imidazole rings is 1. The lowest BCUT2D eigenvalue weighted by molar-refractivity contribution is 0.520. The van der Waals surface area contributed by atoms with E-state index in [4.69, 9.17) is 0 Å². The van der Waals surface area contributed by atoms with Gasteiger partial charge in [-0.2, -0.15) is 0 Å².